The molecule has 0 amide bonds. The fraction of sp³-hybridized carbons (Fsp3) is 0.733. The van der Waals surface area contributed by atoms with Crippen LogP contribution in [0.15, 0.2) is 17.6 Å². The monoisotopic (exact) mass is 411 g/mol. The normalized spacial score (nSPS) is 10.5. The Morgan fingerprint density at radius 1 is 1.19 bits per heavy atom. The van der Waals surface area contributed by atoms with Gasteiger partial charge in [-0.1, -0.05) is 18.9 Å². The van der Waals surface area contributed by atoms with E-state index >= 15 is 0 Å². The van der Waals surface area contributed by atoms with Gasteiger partial charge < -0.3 is 15.4 Å². The molecule has 0 fully saturated rings. The number of unbranched alkanes of at least 4 members (excludes halogenated alkanes) is 3. The second-order valence-corrected chi connectivity index (χ2v) is 4.40. The molecule has 0 spiro atoms. The van der Waals surface area contributed by atoms with Crippen molar-refractivity contribution >= 4 is 35.9 Å². The van der Waals surface area contributed by atoms with E-state index in [1.165, 1.54) is 0 Å². The summed E-state index contributed by atoms with van der Waals surface area (Å²) in [5, 5.41) is 6.34. The molecule has 124 valence electrons. The molecule has 0 radical (unpaired) electrons. The van der Waals surface area contributed by atoms with E-state index in [-0.39, 0.29) is 29.9 Å². The Labute approximate surface area is 146 Å². The minimum Gasteiger partial charge on any atom is -0.466 e. The molecular weight excluding hydrogens is 381 g/mol. The quantitative estimate of drug-likeness (QED) is 0.137. The average molecular weight is 411 g/mol. The third-order valence-electron chi connectivity index (χ3n) is 2.62. The van der Waals surface area contributed by atoms with E-state index in [0.29, 0.717) is 19.6 Å². The number of aliphatic imine (C=N–C) groups is 1. The van der Waals surface area contributed by atoms with Gasteiger partial charge in [0.25, 0.3) is 0 Å². The number of carbonyl (C=O) groups excluding carboxylic acids is 1. The summed E-state index contributed by atoms with van der Waals surface area (Å²) in [5.74, 6) is 0.743. The number of rotatable bonds is 11. The summed E-state index contributed by atoms with van der Waals surface area (Å²) in [5.41, 5.74) is 0. The van der Waals surface area contributed by atoms with Crippen molar-refractivity contribution in [2.75, 3.05) is 26.2 Å². The molecule has 2 N–H and O–H groups in total. The van der Waals surface area contributed by atoms with Crippen molar-refractivity contribution in [3.05, 3.63) is 12.7 Å². The Bertz CT molecular complexity index is 297. The van der Waals surface area contributed by atoms with Crippen LogP contribution < -0.4 is 10.6 Å². The predicted molar refractivity (Wildman–Crippen MR) is 99.3 cm³/mol. The first-order chi connectivity index (χ1) is 9.74. The molecule has 21 heavy (non-hydrogen) atoms. The number of nitrogens with zero attached hydrogens (tertiary/aromatic N) is 1. The van der Waals surface area contributed by atoms with Gasteiger partial charge in [0, 0.05) is 26.1 Å². The molecule has 0 saturated carbocycles. The first kappa shape index (κ1) is 22.5. The fourth-order valence-corrected chi connectivity index (χ4v) is 1.67. The maximum atomic E-state index is 11.1. The van der Waals surface area contributed by atoms with Crippen LogP contribution in [0.4, 0.5) is 0 Å². The predicted octanol–water partition coefficient (Wildman–Crippen LogP) is 2.86. The van der Waals surface area contributed by atoms with E-state index in [4.69, 9.17) is 4.74 Å². The van der Waals surface area contributed by atoms with Crippen molar-refractivity contribution in [3.8, 4) is 0 Å². The van der Waals surface area contributed by atoms with Crippen molar-refractivity contribution in [3.63, 3.8) is 0 Å². The minimum absolute atomic E-state index is 0. The number of nitrogens with one attached hydrogen (secondary N) is 2. The third kappa shape index (κ3) is 15.4. The molecule has 6 heteroatoms. The van der Waals surface area contributed by atoms with Gasteiger partial charge in [-0.3, -0.25) is 9.79 Å². The van der Waals surface area contributed by atoms with E-state index in [1.807, 2.05) is 19.9 Å². The summed E-state index contributed by atoms with van der Waals surface area (Å²) < 4.78 is 4.88. The third-order valence-corrected chi connectivity index (χ3v) is 2.62. The lowest BCUT2D eigenvalue weighted by Crippen LogP contribution is -2.37. The highest BCUT2D eigenvalue weighted by molar-refractivity contribution is 14.0. The second-order valence-electron chi connectivity index (χ2n) is 4.40. The van der Waals surface area contributed by atoms with Crippen LogP contribution >= 0.6 is 24.0 Å². The highest BCUT2D eigenvalue weighted by Gasteiger charge is 2.00. The van der Waals surface area contributed by atoms with Gasteiger partial charge in [-0.25, -0.2) is 0 Å². The minimum atomic E-state index is -0.0893. The zero-order valence-corrected chi connectivity index (χ0v) is 15.7. The lowest BCUT2D eigenvalue weighted by atomic mass is 10.1. The topological polar surface area (TPSA) is 62.7 Å². The van der Waals surface area contributed by atoms with Crippen LogP contribution in [0.2, 0.25) is 0 Å². The molecule has 0 aliphatic heterocycles. The molecule has 0 aliphatic rings. The van der Waals surface area contributed by atoms with Gasteiger partial charge in [0.1, 0.15) is 0 Å². The van der Waals surface area contributed by atoms with Crippen LogP contribution in [0.5, 0.6) is 0 Å². The van der Waals surface area contributed by atoms with Crippen molar-refractivity contribution < 1.29 is 9.53 Å². The van der Waals surface area contributed by atoms with E-state index in [1.54, 1.807) is 0 Å². The standard InChI is InChI=1S/C15H29N3O2.HI/c1-4-12-17-15(16-5-2)18-13-10-8-7-9-11-14(19)20-6-3;/h4H,1,5-13H2,2-3H3,(H2,16,17,18);1H. The molecular formula is C15H30IN3O2. The zero-order chi connectivity index (χ0) is 15.1. The Balaban J connectivity index is 0. The first-order valence-corrected chi connectivity index (χ1v) is 7.53. The summed E-state index contributed by atoms with van der Waals surface area (Å²) in [6.45, 7) is 10.4. The summed E-state index contributed by atoms with van der Waals surface area (Å²) in [6.07, 6.45) is 6.41. The molecule has 0 aromatic rings. The van der Waals surface area contributed by atoms with Gasteiger partial charge >= 0.3 is 5.97 Å². The van der Waals surface area contributed by atoms with Gasteiger partial charge in [0.15, 0.2) is 5.96 Å². The zero-order valence-electron chi connectivity index (χ0n) is 13.3. The van der Waals surface area contributed by atoms with Crippen LogP contribution in [0.25, 0.3) is 0 Å². The van der Waals surface area contributed by atoms with Gasteiger partial charge in [0.05, 0.1) is 6.61 Å². The highest BCUT2D eigenvalue weighted by atomic mass is 127. The second kappa shape index (κ2) is 17.3. The van der Waals surface area contributed by atoms with Crippen LogP contribution in [-0.4, -0.2) is 38.2 Å². The average Bonchev–Trinajstić information content (AvgIpc) is 2.43. The smallest absolute Gasteiger partial charge is 0.305 e. The summed E-state index contributed by atoms with van der Waals surface area (Å²) in [6, 6.07) is 0. The summed E-state index contributed by atoms with van der Waals surface area (Å²) in [4.78, 5) is 15.6. The fourth-order valence-electron chi connectivity index (χ4n) is 1.67. The lowest BCUT2D eigenvalue weighted by Gasteiger charge is -2.09. The number of guanidine groups is 1. The Morgan fingerprint density at radius 3 is 2.52 bits per heavy atom. The largest absolute Gasteiger partial charge is 0.466 e. The number of halogens is 1. The number of esters is 1. The van der Waals surface area contributed by atoms with Crippen LogP contribution in [0.3, 0.4) is 0 Å². The SMILES string of the molecule is C=CCNC(=NCCCCCCC(=O)OCC)NCC.I. The Hall–Kier alpha value is -0.790. The van der Waals surface area contributed by atoms with Gasteiger partial charge in [-0.2, -0.15) is 0 Å². The number of ether oxygens (including phenoxy) is 1. The van der Waals surface area contributed by atoms with Crippen LogP contribution in [-0.2, 0) is 9.53 Å². The highest BCUT2D eigenvalue weighted by Crippen LogP contribution is 2.04. The van der Waals surface area contributed by atoms with E-state index in [2.05, 4.69) is 22.2 Å². The molecule has 0 aromatic carbocycles. The molecule has 0 heterocycles. The first-order valence-electron chi connectivity index (χ1n) is 7.53. The molecule has 0 rings (SSSR count). The Kier molecular flexibility index (Phi) is 18.5. The van der Waals surface area contributed by atoms with E-state index in [0.717, 1.165) is 44.7 Å². The molecule has 5 nitrogen and oxygen atoms in total. The number of hydrogen-bond donors (Lipinski definition) is 2. The van der Waals surface area contributed by atoms with Crippen molar-refractivity contribution in [2.24, 2.45) is 4.99 Å². The number of hydrogen-bond acceptors (Lipinski definition) is 3. The molecule has 0 bridgehead atoms. The molecule has 0 saturated heterocycles. The molecule has 0 unspecified atom stereocenters. The summed E-state index contributed by atoms with van der Waals surface area (Å²) >= 11 is 0. The summed E-state index contributed by atoms with van der Waals surface area (Å²) in [7, 11) is 0. The van der Waals surface area contributed by atoms with E-state index in [9.17, 15) is 4.79 Å². The molecule has 0 aliphatic carbocycles. The number of carbonyl (C=O) groups is 1. The van der Waals surface area contributed by atoms with Crippen LogP contribution in [0.1, 0.15) is 46.0 Å². The van der Waals surface area contributed by atoms with Crippen molar-refractivity contribution in [1.29, 1.82) is 0 Å². The van der Waals surface area contributed by atoms with Crippen LogP contribution in [0, 0.1) is 0 Å². The molecule has 0 atom stereocenters. The van der Waals surface area contributed by atoms with Gasteiger partial charge in [-0.15, -0.1) is 30.6 Å². The van der Waals surface area contributed by atoms with E-state index < -0.39 is 0 Å². The van der Waals surface area contributed by atoms with Crippen molar-refractivity contribution in [1.82, 2.24) is 10.6 Å². The van der Waals surface area contributed by atoms with Crippen molar-refractivity contribution in [2.45, 2.75) is 46.0 Å². The maximum Gasteiger partial charge on any atom is 0.305 e. The van der Waals surface area contributed by atoms with Gasteiger partial charge in [-0.05, 0) is 26.7 Å². The van der Waals surface area contributed by atoms with Gasteiger partial charge in [0.2, 0.25) is 0 Å². The molecule has 0 aromatic heterocycles. The maximum absolute atomic E-state index is 11.1. The lowest BCUT2D eigenvalue weighted by molar-refractivity contribution is -0.143. The Morgan fingerprint density at radius 2 is 1.90 bits per heavy atom.